The first kappa shape index (κ1) is 21.6. The van der Waals surface area contributed by atoms with Crippen molar-refractivity contribution in [3.63, 3.8) is 0 Å². The zero-order valence-corrected chi connectivity index (χ0v) is 15.5. The highest BCUT2D eigenvalue weighted by molar-refractivity contribution is 6.03. The monoisotopic (exact) mass is 363 g/mol. The summed E-state index contributed by atoms with van der Waals surface area (Å²) in [5.74, 6) is -0.291. The van der Waals surface area contributed by atoms with Gasteiger partial charge in [0.25, 0.3) is 0 Å². The van der Waals surface area contributed by atoms with Gasteiger partial charge in [0.15, 0.2) is 0 Å². The Hall–Kier alpha value is -2.41. The highest BCUT2D eigenvalue weighted by Crippen LogP contribution is 2.05. The van der Waals surface area contributed by atoms with Gasteiger partial charge in [-0.25, -0.2) is 0 Å². The summed E-state index contributed by atoms with van der Waals surface area (Å²) in [4.78, 5) is 34.8. The summed E-state index contributed by atoms with van der Waals surface area (Å²) in [5, 5.41) is 8.12. The molecule has 144 valence electrons. The lowest BCUT2D eigenvalue weighted by Gasteiger charge is -2.08. The van der Waals surface area contributed by atoms with E-state index in [0.29, 0.717) is 44.3 Å². The smallest absolute Gasteiger partial charge is 0.233 e. The van der Waals surface area contributed by atoms with Crippen LogP contribution in [0.4, 0.5) is 5.69 Å². The molecule has 0 aliphatic heterocycles. The number of hydrogen-bond acceptors (Lipinski definition) is 4. The number of ether oxygens (including phenoxy) is 1. The summed E-state index contributed by atoms with van der Waals surface area (Å²) in [7, 11) is 0. The molecule has 26 heavy (non-hydrogen) atoms. The van der Waals surface area contributed by atoms with Gasteiger partial charge in [0.2, 0.25) is 17.7 Å². The van der Waals surface area contributed by atoms with Crippen LogP contribution in [0.5, 0.6) is 0 Å². The van der Waals surface area contributed by atoms with Crippen LogP contribution in [0.1, 0.15) is 33.1 Å². The lowest BCUT2D eigenvalue weighted by Crippen LogP contribution is -2.31. The number of carbonyl (C=O) groups excluding carboxylic acids is 3. The Morgan fingerprint density at radius 2 is 1.62 bits per heavy atom. The van der Waals surface area contributed by atoms with E-state index in [-0.39, 0.29) is 24.1 Å². The van der Waals surface area contributed by atoms with Crippen molar-refractivity contribution in [1.29, 1.82) is 0 Å². The van der Waals surface area contributed by atoms with E-state index < -0.39 is 0 Å². The van der Waals surface area contributed by atoms with E-state index in [1.807, 2.05) is 32.0 Å². The zero-order chi connectivity index (χ0) is 19.2. The molecule has 1 rings (SSSR count). The van der Waals surface area contributed by atoms with Crippen LogP contribution in [-0.2, 0) is 19.1 Å². The van der Waals surface area contributed by atoms with E-state index in [2.05, 4.69) is 16.0 Å². The highest BCUT2D eigenvalue weighted by atomic mass is 16.5. The van der Waals surface area contributed by atoms with E-state index in [1.165, 1.54) is 0 Å². The minimum absolute atomic E-state index is 0.0565. The van der Waals surface area contributed by atoms with Crippen LogP contribution in [-0.4, -0.2) is 44.0 Å². The van der Waals surface area contributed by atoms with E-state index in [9.17, 15) is 14.4 Å². The fourth-order valence-corrected chi connectivity index (χ4v) is 2.14. The molecule has 3 amide bonds. The van der Waals surface area contributed by atoms with Crippen LogP contribution < -0.4 is 16.0 Å². The van der Waals surface area contributed by atoms with E-state index >= 15 is 0 Å². The number of rotatable bonds is 12. The van der Waals surface area contributed by atoms with Crippen LogP contribution in [0.2, 0.25) is 0 Å². The Kier molecular flexibility index (Phi) is 10.7. The van der Waals surface area contributed by atoms with E-state index in [0.717, 1.165) is 6.42 Å². The van der Waals surface area contributed by atoms with Crippen molar-refractivity contribution >= 4 is 23.4 Å². The first-order valence-electron chi connectivity index (χ1n) is 8.93. The lowest BCUT2D eigenvalue weighted by atomic mass is 10.1. The maximum atomic E-state index is 11.7. The van der Waals surface area contributed by atoms with Crippen LogP contribution in [0.3, 0.4) is 0 Å². The molecular weight excluding hydrogens is 334 g/mol. The highest BCUT2D eigenvalue weighted by Gasteiger charge is 2.09. The van der Waals surface area contributed by atoms with Crippen molar-refractivity contribution in [2.75, 3.05) is 31.6 Å². The van der Waals surface area contributed by atoms with Gasteiger partial charge < -0.3 is 20.7 Å². The van der Waals surface area contributed by atoms with Crippen molar-refractivity contribution in [2.45, 2.75) is 33.1 Å². The Morgan fingerprint density at radius 3 is 2.31 bits per heavy atom. The Bertz CT molecular complexity index is 561. The van der Waals surface area contributed by atoms with Crippen molar-refractivity contribution in [1.82, 2.24) is 10.6 Å². The standard InChI is InChI=1S/C19H29N3O4/c1-15(2)13-17(23)20-9-6-11-26-12-10-21-18(24)14-19(25)22-16-7-4-3-5-8-16/h3-5,7-8,15H,6,9-14H2,1-2H3,(H,20,23)(H,21,24)(H,22,25). The first-order valence-corrected chi connectivity index (χ1v) is 8.93. The summed E-state index contributed by atoms with van der Waals surface area (Å²) in [5.41, 5.74) is 0.661. The molecule has 0 saturated carbocycles. The number of para-hydroxylation sites is 1. The molecule has 1 aromatic carbocycles. The molecule has 3 N–H and O–H groups in total. The quantitative estimate of drug-likeness (QED) is 0.389. The molecule has 0 saturated heterocycles. The number of nitrogens with one attached hydrogen (secondary N) is 3. The molecule has 7 nitrogen and oxygen atoms in total. The molecule has 0 radical (unpaired) electrons. The first-order chi connectivity index (χ1) is 12.5. The largest absolute Gasteiger partial charge is 0.380 e. The topological polar surface area (TPSA) is 96.5 Å². The average Bonchev–Trinajstić information content (AvgIpc) is 2.57. The van der Waals surface area contributed by atoms with Crippen LogP contribution >= 0.6 is 0 Å². The molecule has 0 bridgehead atoms. The maximum absolute atomic E-state index is 11.7. The second-order valence-electron chi connectivity index (χ2n) is 6.35. The summed E-state index contributed by atoms with van der Waals surface area (Å²) >= 11 is 0. The number of benzene rings is 1. The van der Waals surface area contributed by atoms with Gasteiger partial charge in [-0.3, -0.25) is 14.4 Å². The van der Waals surface area contributed by atoms with Gasteiger partial charge in [-0.2, -0.15) is 0 Å². The van der Waals surface area contributed by atoms with Crippen LogP contribution in [0, 0.1) is 5.92 Å². The normalized spacial score (nSPS) is 10.4. The predicted octanol–water partition coefficient (Wildman–Crippen LogP) is 1.70. The SMILES string of the molecule is CC(C)CC(=O)NCCCOCCNC(=O)CC(=O)Nc1ccccc1. The fraction of sp³-hybridized carbons (Fsp3) is 0.526. The van der Waals surface area contributed by atoms with Crippen molar-refractivity contribution in [3.8, 4) is 0 Å². The molecule has 1 aromatic rings. The molecule has 0 spiro atoms. The van der Waals surface area contributed by atoms with E-state index in [4.69, 9.17) is 4.74 Å². The van der Waals surface area contributed by atoms with Gasteiger partial charge >= 0.3 is 0 Å². The molecule has 0 aliphatic carbocycles. The number of anilines is 1. The Labute approximate surface area is 154 Å². The second kappa shape index (κ2) is 12.9. The van der Waals surface area contributed by atoms with Crippen LogP contribution in [0.15, 0.2) is 30.3 Å². The maximum Gasteiger partial charge on any atom is 0.233 e. The Balaban J connectivity index is 1.98. The third kappa shape index (κ3) is 11.2. The van der Waals surface area contributed by atoms with Gasteiger partial charge in [-0.05, 0) is 24.5 Å². The molecule has 0 heterocycles. The number of carbonyl (C=O) groups is 3. The minimum atomic E-state index is -0.355. The predicted molar refractivity (Wildman–Crippen MR) is 101 cm³/mol. The van der Waals surface area contributed by atoms with Gasteiger partial charge in [0.1, 0.15) is 6.42 Å². The summed E-state index contributed by atoms with van der Waals surface area (Å²) in [6.07, 6.45) is 1.03. The Morgan fingerprint density at radius 1 is 0.923 bits per heavy atom. The minimum Gasteiger partial charge on any atom is -0.380 e. The number of amides is 3. The summed E-state index contributed by atoms with van der Waals surface area (Å²) < 4.78 is 5.38. The van der Waals surface area contributed by atoms with Crippen molar-refractivity contribution in [2.24, 2.45) is 5.92 Å². The molecular formula is C19H29N3O4. The fourth-order valence-electron chi connectivity index (χ4n) is 2.14. The molecule has 0 unspecified atom stereocenters. The molecule has 0 aliphatic rings. The zero-order valence-electron chi connectivity index (χ0n) is 15.5. The lowest BCUT2D eigenvalue weighted by molar-refractivity contribution is -0.127. The average molecular weight is 363 g/mol. The third-order valence-electron chi connectivity index (χ3n) is 3.33. The molecule has 7 heteroatoms. The molecule has 0 atom stereocenters. The van der Waals surface area contributed by atoms with E-state index in [1.54, 1.807) is 12.1 Å². The van der Waals surface area contributed by atoms with Crippen molar-refractivity contribution < 1.29 is 19.1 Å². The molecule has 0 fully saturated rings. The van der Waals surface area contributed by atoms with Gasteiger partial charge in [0, 0.05) is 31.8 Å². The number of hydrogen-bond donors (Lipinski definition) is 3. The van der Waals surface area contributed by atoms with Crippen LogP contribution in [0.25, 0.3) is 0 Å². The molecule has 0 aromatic heterocycles. The summed E-state index contributed by atoms with van der Waals surface area (Å²) in [6, 6.07) is 8.98. The van der Waals surface area contributed by atoms with Gasteiger partial charge in [-0.1, -0.05) is 32.0 Å². The van der Waals surface area contributed by atoms with Gasteiger partial charge in [0.05, 0.1) is 6.61 Å². The van der Waals surface area contributed by atoms with Crippen molar-refractivity contribution in [3.05, 3.63) is 30.3 Å². The van der Waals surface area contributed by atoms with Gasteiger partial charge in [-0.15, -0.1) is 0 Å². The second-order valence-corrected chi connectivity index (χ2v) is 6.35. The third-order valence-corrected chi connectivity index (χ3v) is 3.33. The summed E-state index contributed by atoms with van der Waals surface area (Å²) in [6.45, 7) is 5.80.